The average Bonchev–Trinajstić information content (AvgIpc) is 2.22. The number of carbonyl (C=O) groups excluding carboxylic acids is 1. The first-order valence-electron chi connectivity index (χ1n) is 4.38. The molecule has 2 nitrogen and oxygen atoms in total. The van der Waals surface area contributed by atoms with Gasteiger partial charge in [-0.1, -0.05) is 23.6 Å². The average molecular weight is 241 g/mol. The summed E-state index contributed by atoms with van der Waals surface area (Å²) in [4.78, 5) is 10.6. The molecule has 0 fully saturated rings. The maximum absolute atomic E-state index is 13.3. The number of thioether (sulfide) groups is 1. The third-order valence-electron chi connectivity index (χ3n) is 1.68. The number of hydrogen-bond donors (Lipinski definition) is 1. The Morgan fingerprint density at radius 2 is 2.19 bits per heavy atom. The summed E-state index contributed by atoms with van der Waals surface area (Å²) in [5.41, 5.74) is 4.77. The molecular formula is C11H9F2NOS. The molecule has 16 heavy (non-hydrogen) atoms. The van der Waals surface area contributed by atoms with Crippen LogP contribution >= 0.6 is 11.8 Å². The Hall–Kier alpha value is -1.54. The zero-order valence-electron chi connectivity index (χ0n) is 8.51. The third kappa shape index (κ3) is 3.24. The number of nitrogens with two attached hydrogens (primary N) is 1. The number of hydrogen-bond acceptors (Lipinski definition) is 3. The molecule has 5 heteroatoms. The van der Waals surface area contributed by atoms with Crippen molar-refractivity contribution in [3.8, 4) is 11.8 Å². The molecule has 0 heterocycles. The van der Waals surface area contributed by atoms with Crippen molar-refractivity contribution >= 4 is 22.6 Å². The van der Waals surface area contributed by atoms with Crippen molar-refractivity contribution in [1.82, 2.24) is 0 Å². The lowest BCUT2D eigenvalue weighted by Gasteiger charge is -1.99. The number of rotatable bonds is 1. The van der Waals surface area contributed by atoms with Gasteiger partial charge in [-0.3, -0.25) is 4.79 Å². The summed E-state index contributed by atoms with van der Waals surface area (Å²) in [6, 6.07) is 2.20. The molecule has 0 radical (unpaired) electrons. The molecule has 0 unspecified atom stereocenters. The van der Waals surface area contributed by atoms with E-state index in [1.807, 2.05) is 0 Å². The van der Waals surface area contributed by atoms with E-state index in [0.29, 0.717) is 0 Å². The third-order valence-corrected chi connectivity index (χ3v) is 2.38. The number of anilines is 1. The maximum atomic E-state index is 13.3. The van der Waals surface area contributed by atoms with E-state index in [1.54, 1.807) is 0 Å². The Kier molecular flexibility index (Phi) is 4.32. The molecule has 0 saturated heterocycles. The van der Waals surface area contributed by atoms with Crippen LogP contribution < -0.4 is 5.73 Å². The fourth-order valence-electron chi connectivity index (χ4n) is 0.945. The fraction of sp³-hybridized carbons (Fsp3) is 0.182. The molecule has 0 bridgehead atoms. The summed E-state index contributed by atoms with van der Waals surface area (Å²) in [6.45, 7) is 1.40. The van der Waals surface area contributed by atoms with Crippen LogP contribution in [0.15, 0.2) is 12.1 Å². The first-order valence-corrected chi connectivity index (χ1v) is 5.36. The van der Waals surface area contributed by atoms with E-state index in [0.717, 1.165) is 23.9 Å². The predicted molar refractivity (Wildman–Crippen MR) is 60.8 cm³/mol. The molecule has 0 aromatic heterocycles. The second kappa shape index (κ2) is 5.52. The van der Waals surface area contributed by atoms with Gasteiger partial charge in [-0.15, -0.1) is 0 Å². The van der Waals surface area contributed by atoms with Crippen molar-refractivity contribution in [2.75, 3.05) is 11.5 Å². The summed E-state index contributed by atoms with van der Waals surface area (Å²) in [7, 11) is 0. The van der Waals surface area contributed by atoms with Crippen LogP contribution in [0.3, 0.4) is 0 Å². The van der Waals surface area contributed by atoms with Crippen LogP contribution in [0.2, 0.25) is 0 Å². The number of benzene rings is 1. The highest BCUT2D eigenvalue weighted by molar-refractivity contribution is 8.13. The van der Waals surface area contributed by atoms with Crippen molar-refractivity contribution in [2.24, 2.45) is 0 Å². The van der Waals surface area contributed by atoms with Gasteiger partial charge < -0.3 is 5.73 Å². The molecule has 0 aliphatic heterocycles. The molecule has 1 aromatic carbocycles. The van der Waals surface area contributed by atoms with Gasteiger partial charge in [0.1, 0.15) is 5.82 Å². The monoisotopic (exact) mass is 241 g/mol. The highest BCUT2D eigenvalue weighted by Crippen LogP contribution is 2.17. The molecule has 2 N–H and O–H groups in total. The van der Waals surface area contributed by atoms with Crippen LogP contribution in [-0.4, -0.2) is 10.9 Å². The van der Waals surface area contributed by atoms with Gasteiger partial charge in [-0.05, 0) is 12.1 Å². The van der Waals surface area contributed by atoms with Crippen LogP contribution in [0.4, 0.5) is 14.5 Å². The lowest BCUT2D eigenvalue weighted by molar-refractivity contribution is -0.109. The van der Waals surface area contributed by atoms with Crippen LogP contribution in [0, 0.1) is 23.5 Å². The van der Waals surface area contributed by atoms with Gasteiger partial charge in [0.25, 0.3) is 0 Å². The normalized spacial score (nSPS) is 9.44. The first-order chi connectivity index (χ1) is 7.52. The molecule has 84 valence electrons. The smallest absolute Gasteiger partial charge is 0.186 e. The summed E-state index contributed by atoms with van der Waals surface area (Å²) in [5.74, 6) is 3.40. The van der Waals surface area contributed by atoms with Crippen LogP contribution in [0.1, 0.15) is 12.5 Å². The Morgan fingerprint density at radius 1 is 1.50 bits per heavy atom. The molecule has 0 spiro atoms. The van der Waals surface area contributed by atoms with E-state index >= 15 is 0 Å². The topological polar surface area (TPSA) is 43.1 Å². The standard InChI is InChI=1S/C11H9F2NOS/c1-7(15)16-6-2-3-8-9(12)4-5-10(14)11(8)13/h4-5H,6,14H2,1H3. The van der Waals surface area contributed by atoms with Gasteiger partial charge in [-0.2, -0.15) is 0 Å². The van der Waals surface area contributed by atoms with Gasteiger partial charge in [-0.25, -0.2) is 8.78 Å². The number of carbonyl (C=O) groups is 1. The predicted octanol–water partition coefficient (Wildman–Crippen LogP) is 2.18. The molecule has 0 aliphatic carbocycles. The van der Waals surface area contributed by atoms with Crippen molar-refractivity contribution in [2.45, 2.75) is 6.92 Å². The number of nitrogen functional groups attached to an aromatic ring is 1. The minimum absolute atomic E-state index is 0.0946. The van der Waals surface area contributed by atoms with E-state index < -0.39 is 11.6 Å². The summed E-state index contributed by atoms with van der Waals surface area (Å²) in [6.07, 6.45) is 0. The summed E-state index contributed by atoms with van der Waals surface area (Å²) >= 11 is 0.978. The second-order valence-corrected chi connectivity index (χ2v) is 4.06. The highest BCUT2D eigenvalue weighted by Gasteiger charge is 2.09. The minimum atomic E-state index is -0.861. The Labute approximate surface area is 96.2 Å². The highest BCUT2D eigenvalue weighted by atomic mass is 32.2. The van der Waals surface area contributed by atoms with Gasteiger partial charge in [0.2, 0.25) is 0 Å². The number of halogens is 2. The molecule has 0 aliphatic rings. The van der Waals surface area contributed by atoms with E-state index in [1.165, 1.54) is 6.92 Å². The van der Waals surface area contributed by atoms with E-state index in [2.05, 4.69) is 11.8 Å². The molecule has 1 aromatic rings. The Bertz CT molecular complexity index is 477. The zero-order valence-corrected chi connectivity index (χ0v) is 9.33. The van der Waals surface area contributed by atoms with Gasteiger partial charge in [0, 0.05) is 6.92 Å². The molecule has 0 atom stereocenters. The van der Waals surface area contributed by atoms with E-state index in [-0.39, 0.29) is 22.1 Å². The zero-order chi connectivity index (χ0) is 12.1. The Balaban J connectivity index is 2.88. The van der Waals surface area contributed by atoms with Gasteiger partial charge in [0.15, 0.2) is 10.9 Å². The quantitative estimate of drug-likeness (QED) is 0.605. The fourth-order valence-corrected chi connectivity index (χ4v) is 1.29. The lowest BCUT2D eigenvalue weighted by atomic mass is 10.2. The van der Waals surface area contributed by atoms with Gasteiger partial charge in [0.05, 0.1) is 17.0 Å². The lowest BCUT2D eigenvalue weighted by Crippen LogP contribution is -1.97. The molecule has 0 amide bonds. The van der Waals surface area contributed by atoms with Crippen molar-refractivity contribution in [3.63, 3.8) is 0 Å². The minimum Gasteiger partial charge on any atom is -0.396 e. The molecular weight excluding hydrogens is 232 g/mol. The molecule has 0 saturated carbocycles. The van der Waals surface area contributed by atoms with Crippen LogP contribution in [0.25, 0.3) is 0 Å². The second-order valence-electron chi connectivity index (χ2n) is 2.91. The van der Waals surface area contributed by atoms with Gasteiger partial charge >= 0.3 is 0 Å². The van der Waals surface area contributed by atoms with Crippen molar-refractivity contribution in [3.05, 3.63) is 29.3 Å². The Morgan fingerprint density at radius 3 is 2.81 bits per heavy atom. The van der Waals surface area contributed by atoms with E-state index in [9.17, 15) is 13.6 Å². The summed E-state index contributed by atoms with van der Waals surface area (Å²) in [5, 5.41) is -0.0946. The van der Waals surface area contributed by atoms with Crippen molar-refractivity contribution in [1.29, 1.82) is 0 Å². The molecule has 1 rings (SSSR count). The van der Waals surface area contributed by atoms with Crippen LogP contribution in [-0.2, 0) is 4.79 Å². The SMILES string of the molecule is CC(=O)SCC#Cc1c(F)ccc(N)c1F. The maximum Gasteiger partial charge on any atom is 0.186 e. The van der Waals surface area contributed by atoms with Crippen LogP contribution in [0.5, 0.6) is 0 Å². The van der Waals surface area contributed by atoms with E-state index in [4.69, 9.17) is 5.73 Å². The summed E-state index contributed by atoms with van der Waals surface area (Å²) < 4.78 is 26.5. The largest absolute Gasteiger partial charge is 0.396 e. The van der Waals surface area contributed by atoms with Crippen molar-refractivity contribution < 1.29 is 13.6 Å². The first kappa shape index (κ1) is 12.5.